The molecule has 2 aliphatic carbocycles. The maximum atomic E-state index is 7.15. The number of fused-ring (bicyclic) bond motifs is 9. The van der Waals surface area contributed by atoms with Crippen LogP contribution in [0.5, 0.6) is 0 Å². The number of benzene rings is 6. The Morgan fingerprint density at radius 2 is 1.12 bits per heavy atom. The largest absolute Gasteiger partial charge is 0.454 e. The molecule has 1 heterocycles. The average molecular weight is 680 g/mol. The Labute approximate surface area is 309 Å². The standard InChI is InChI=1S/C50H49NO/c1-47(2,3)30-27-40(48(4,5)6)44-36-20-16-24-42(46(36)52-43(44)28-30)51(31-25-26-34-32-17-11-13-21-37(32)49(7,8)39(34)29-31)41-23-15-19-35-33-18-12-14-22-38(33)50(9,10)45(35)41/h11-29H,1-10H3. The summed E-state index contributed by atoms with van der Waals surface area (Å²) in [5.41, 5.74) is 18.2. The molecule has 0 bridgehead atoms. The van der Waals surface area contributed by atoms with Crippen molar-refractivity contribution in [1.29, 1.82) is 0 Å². The molecule has 0 radical (unpaired) electrons. The van der Waals surface area contributed by atoms with E-state index in [1.54, 1.807) is 0 Å². The van der Waals surface area contributed by atoms with E-state index in [0.29, 0.717) is 0 Å². The fourth-order valence-corrected chi connectivity index (χ4v) is 9.36. The van der Waals surface area contributed by atoms with Crippen molar-refractivity contribution in [3.05, 3.63) is 149 Å². The number of nitrogens with zero attached hydrogens (tertiary/aromatic N) is 1. The zero-order valence-corrected chi connectivity index (χ0v) is 32.3. The molecule has 0 aliphatic heterocycles. The molecule has 2 nitrogen and oxygen atoms in total. The minimum Gasteiger partial charge on any atom is -0.454 e. The van der Waals surface area contributed by atoms with Gasteiger partial charge in [0.25, 0.3) is 0 Å². The number of anilines is 3. The van der Waals surface area contributed by atoms with Crippen molar-refractivity contribution >= 4 is 39.0 Å². The van der Waals surface area contributed by atoms with Crippen molar-refractivity contribution < 1.29 is 4.42 Å². The lowest BCUT2D eigenvalue weighted by Gasteiger charge is -2.33. The Bertz CT molecular complexity index is 2600. The van der Waals surface area contributed by atoms with Gasteiger partial charge in [-0.3, -0.25) is 0 Å². The van der Waals surface area contributed by atoms with Crippen LogP contribution >= 0.6 is 0 Å². The van der Waals surface area contributed by atoms with Crippen molar-refractivity contribution in [3.8, 4) is 22.3 Å². The SMILES string of the molecule is CC(C)(C)c1cc(C(C)(C)C)c2c(c1)oc1c(N(c3ccc4c(c3)C(C)(C)c3ccccc3-4)c3cccc4c3C(C)(C)c3ccccc3-4)cccc12. The highest BCUT2D eigenvalue weighted by molar-refractivity contribution is 6.12. The van der Waals surface area contributed by atoms with Gasteiger partial charge in [-0.2, -0.15) is 0 Å². The molecule has 0 fully saturated rings. The summed E-state index contributed by atoms with van der Waals surface area (Å²) in [5.74, 6) is 0. The van der Waals surface area contributed by atoms with E-state index in [4.69, 9.17) is 4.42 Å². The highest BCUT2D eigenvalue weighted by Crippen LogP contribution is 2.56. The first kappa shape index (κ1) is 32.8. The molecule has 0 amide bonds. The third-order valence-corrected chi connectivity index (χ3v) is 12.1. The summed E-state index contributed by atoms with van der Waals surface area (Å²) in [6.07, 6.45) is 0. The minimum absolute atomic E-state index is 0.0119. The van der Waals surface area contributed by atoms with Crippen LogP contribution in [0.2, 0.25) is 0 Å². The van der Waals surface area contributed by atoms with Crippen LogP contribution in [0.3, 0.4) is 0 Å². The lowest BCUT2D eigenvalue weighted by atomic mass is 9.79. The summed E-state index contributed by atoms with van der Waals surface area (Å²) in [7, 11) is 0. The predicted octanol–water partition coefficient (Wildman–Crippen LogP) is 14.3. The second-order valence-corrected chi connectivity index (χ2v) is 18.3. The monoisotopic (exact) mass is 679 g/mol. The summed E-state index contributed by atoms with van der Waals surface area (Å²) in [5, 5.41) is 2.38. The van der Waals surface area contributed by atoms with Gasteiger partial charge in [-0.05, 0) is 96.8 Å². The third kappa shape index (κ3) is 4.56. The summed E-state index contributed by atoms with van der Waals surface area (Å²) < 4.78 is 7.15. The van der Waals surface area contributed by atoms with Crippen LogP contribution in [-0.4, -0.2) is 0 Å². The van der Waals surface area contributed by atoms with Crippen LogP contribution in [0.25, 0.3) is 44.2 Å². The minimum atomic E-state index is -0.199. The molecule has 7 aromatic rings. The van der Waals surface area contributed by atoms with Gasteiger partial charge in [-0.25, -0.2) is 0 Å². The van der Waals surface area contributed by atoms with Gasteiger partial charge in [-0.1, -0.05) is 154 Å². The summed E-state index contributed by atoms with van der Waals surface area (Å²) in [4.78, 5) is 2.50. The van der Waals surface area contributed by atoms with E-state index in [9.17, 15) is 0 Å². The van der Waals surface area contributed by atoms with E-state index >= 15 is 0 Å². The fourth-order valence-electron chi connectivity index (χ4n) is 9.36. The van der Waals surface area contributed by atoms with Crippen LogP contribution in [-0.2, 0) is 21.7 Å². The van der Waals surface area contributed by atoms with Gasteiger partial charge >= 0.3 is 0 Å². The normalized spacial score (nSPS) is 15.4. The summed E-state index contributed by atoms with van der Waals surface area (Å²) >= 11 is 0. The molecule has 1 aromatic heterocycles. The first-order valence-electron chi connectivity index (χ1n) is 18.9. The summed E-state index contributed by atoms with van der Waals surface area (Å²) in [6.45, 7) is 23.3. The smallest absolute Gasteiger partial charge is 0.159 e. The second-order valence-electron chi connectivity index (χ2n) is 18.3. The molecule has 2 aliphatic rings. The Hall–Kier alpha value is -5.08. The van der Waals surface area contributed by atoms with E-state index in [1.165, 1.54) is 66.7 Å². The lowest BCUT2D eigenvalue weighted by Crippen LogP contribution is -2.21. The van der Waals surface area contributed by atoms with Crippen LogP contribution < -0.4 is 4.90 Å². The number of para-hydroxylation sites is 1. The molecule has 6 aromatic carbocycles. The van der Waals surface area contributed by atoms with Gasteiger partial charge in [0.15, 0.2) is 5.58 Å². The Morgan fingerprint density at radius 3 is 1.81 bits per heavy atom. The molecule has 0 atom stereocenters. The fraction of sp³-hybridized carbons (Fsp3) is 0.280. The van der Waals surface area contributed by atoms with Gasteiger partial charge in [0.1, 0.15) is 5.58 Å². The van der Waals surface area contributed by atoms with Gasteiger partial charge in [-0.15, -0.1) is 0 Å². The van der Waals surface area contributed by atoms with Crippen molar-refractivity contribution in [3.63, 3.8) is 0 Å². The quantitative estimate of drug-likeness (QED) is 0.185. The number of hydrogen-bond donors (Lipinski definition) is 0. The van der Waals surface area contributed by atoms with Crippen LogP contribution in [0, 0.1) is 0 Å². The van der Waals surface area contributed by atoms with Crippen LogP contribution in [0.4, 0.5) is 17.1 Å². The van der Waals surface area contributed by atoms with Crippen molar-refractivity contribution in [1.82, 2.24) is 0 Å². The Kier molecular flexibility index (Phi) is 6.77. The average Bonchev–Trinajstić information content (AvgIpc) is 3.68. The van der Waals surface area contributed by atoms with Crippen molar-refractivity contribution in [2.75, 3.05) is 4.90 Å². The van der Waals surface area contributed by atoms with E-state index in [0.717, 1.165) is 27.9 Å². The van der Waals surface area contributed by atoms with Gasteiger partial charge in [0.05, 0.1) is 11.4 Å². The lowest BCUT2D eigenvalue weighted by molar-refractivity contribution is 0.569. The van der Waals surface area contributed by atoms with Crippen molar-refractivity contribution in [2.24, 2.45) is 0 Å². The molecule has 9 rings (SSSR count). The molecule has 0 spiro atoms. The molecule has 2 heteroatoms. The number of hydrogen-bond acceptors (Lipinski definition) is 2. The van der Waals surface area contributed by atoms with E-state index in [1.807, 2.05) is 0 Å². The third-order valence-electron chi connectivity index (χ3n) is 12.1. The molecule has 260 valence electrons. The second kappa shape index (κ2) is 10.7. The van der Waals surface area contributed by atoms with Crippen molar-refractivity contribution in [2.45, 2.75) is 90.9 Å². The van der Waals surface area contributed by atoms with Gasteiger partial charge < -0.3 is 9.32 Å². The molecule has 52 heavy (non-hydrogen) atoms. The topological polar surface area (TPSA) is 16.4 Å². The molecule has 0 saturated carbocycles. The van der Waals surface area contributed by atoms with Crippen LogP contribution in [0.1, 0.15) is 103 Å². The maximum Gasteiger partial charge on any atom is 0.159 e. The molecule has 0 unspecified atom stereocenters. The summed E-state index contributed by atoms with van der Waals surface area (Å²) in [6, 6.07) is 43.3. The highest BCUT2D eigenvalue weighted by Gasteiger charge is 2.40. The maximum absolute atomic E-state index is 7.15. The Balaban J connectivity index is 1.37. The molecule has 0 N–H and O–H groups in total. The number of rotatable bonds is 3. The zero-order chi connectivity index (χ0) is 36.5. The number of furan rings is 1. The molecule has 0 saturated heterocycles. The van der Waals surface area contributed by atoms with Gasteiger partial charge in [0.2, 0.25) is 0 Å². The van der Waals surface area contributed by atoms with E-state index in [2.05, 4.69) is 189 Å². The van der Waals surface area contributed by atoms with Crippen LogP contribution in [0.15, 0.2) is 120 Å². The first-order chi connectivity index (χ1) is 24.6. The zero-order valence-electron chi connectivity index (χ0n) is 32.3. The molecular weight excluding hydrogens is 631 g/mol. The van der Waals surface area contributed by atoms with E-state index in [-0.39, 0.29) is 21.7 Å². The Morgan fingerprint density at radius 1 is 0.519 bits per heavy atom. The predicted molar refractivity (Wildman–Crippen MR) is 221 cm³/mol. The van der Waals surface area contributed by atoms with E-state index < -0.39 is 0 Å². The first-order valence-corrected chi connectivity index (χ1v) is 18.9. The highest BCUT2D eigenvalue weighted by atomic mass is 16.3. The van der Waals surface area contributed by atoms with Gasteiger partial charge in [0, 0.05) is 27.3 Å². The molecular formula is C50H49NO.